The number of aldehydes is 1. The highest BCUT2D eigenvalue weighted by Gasteiger charge is 2.20. The van der Waals surface area contributed by atoms with Gasteiger partial charge in [-0.3, -0.25) is 4.79 Å². The zero-order valence-corrected chi connectivity index (χ0v) is 10.5. The molecule has 0 saturated carbocycles. The molecule has 2 atom stereocenters. The Labute approximate surface area is 103 Å². The summed E-state index contributed by atoms with van der Waals surface area (Å²) in [4.78, 5) is 21.5. The Bertz CT molecular complexity index is 240. The van der Waals surface area contributed by atoms with Crippen LogP contribution in [0.3, 0.4) is 0 Å². The molecule has 1 aliphatic rings. The SMILES string of the molecule is CC1CC(COC(=O)CCCCC=O)CCO1. The van der Waals surface area contributed by atoms with Crippen LogP contribution in [0.15, 0.2) is 0 Å². The third-order valence-corrected chi connectivity index (χ3v) is 3.03. The van der Waals surface area contributed by atoms with Gasteiger partial charge in [0.1, 0.15) is 6.29 Å². The fourth-order valence-corrected chi connectivity index (χ4v) is 2.02. The van der Waals surface area contributed by atoms with Crippen LogP contribution in [0.5, 0.6) is 0 Å². The molecule has 0 N–H and O–H groups in total. The summed E-state index contributed by atoms with van der Waals surface area (Å²) >= 11 is 0. The molecule has 1 heterocycles. The van der Waals surface area contributed by atoms with Gasteiger partial charge in [-0.25, -0.2) is 0 Å². The van der Waals surface area contributed by atoms with E-state index in [2.05, 4.69) is 0 Å². The van der Waals surface area contributed by atoms with Gasteiger partial charge >= 0.3 is 5.97 Å². The Hall–Kier alpha value is -0.900. The van der Waals surface area contributed by atoms with Crippen LogP contribution in [0.4, 0.5) is 0 Å². The average molecular weight is 242 g/mol. The largest absolute Gasteiger partial charge is 0.465 e. The molecule has 2 unspecified atom stereocenters. The number of ether oxygens (including phenoxy) is 2. The summed E-state index contributed by atoms with van der Waals surface area (Å²) in [5, 5.41) is 0. The Morgan fingerprint density at radius 2 is 2.29 bits per heavy atom. The van der Waals surface area contributed by atoms with Crippen molar-refractivity contribution in [3.8, 4) is 0 Å². The van der Waals surface area contributed by atoms with E-state index in [4.69, 9.17) is 9.47 Å². The van der Waals surface area contributed by atoms with Crippen LogP contribution in [0.2, 0.25) is 0 Å². The van der Waals surface area contributed by atoms with E-state index >= 15 is 0 Å². The van der Waals surface area contributed by atoms with Crippen molar-refractivity contribution in [3.05, 3.63) is 0 Å². The van der Waals surface area contributed by atoms with Crippen LogP contribution in [0.1, 0.15) is 45.4 Å². The third-order valence-electron chi connectivity index (χ3n) is 3.03. The summed E-state index contributed by atoms with van der Waals surface area (Å²) in [6, 6.07) is 0. The molecule has 4 nitrogen and oxygen atoms in total. The second-order valence-electron chi connectivity index (χ2n) is 4.67. The van der Waals surface area contributed by atoms with Crippen LogP contribution in [-0.2, 0) is 19.1 Å². The summed E-state index contributed by atoms with van der Waals surface area (Å²) in [6.45, 7) is 3.33. The first-order valence-electron chi connectivity index (χ1n) is 6.43. The fraction of sp³-hybridized carbons (Fsp3) is 0.846. The van der Waals surface area contributed by atoms with Crippen molar-refractivity contribution < 1.29 is 19.1 Å². The first kappa shape index (κ1) is 14.2. The molecule has 0 radical (unpaired) electrons. The zero-order chi connectivity index (χ0) is 12.5. The average Bonchev–Trinajstić information content (AvgIpc) is 2.32. The van der Waals surface area contributed by atoms with Crippen LogP contribution >= 0.6 is 0 Å². The first-order valence-corrected chi connectivity index (χ1v) is 6.43. The van der Waals surface area contributed by atoms with Crippen LogP contribution in [0, 0.1) is 5.92 Å². The third kappa shape index (κ3) is 6.41. The predicted octanol–water partition coefficient (Wildman–Crippen LogP) is 2.10. The van der Waals surface area contributed by atoms with E-state index in [1.54, 1.807) is 0 Å². The van der Waals surface area contributed by atoms with Gasteiger partial charge in [0.25, 0.3) is 0 Å². The Morgan fingerprint density at radius 3 is 3.00 bits per heavy atom. The molecule has 0 spiro atoms. The van der Waals surface area contributed by atoms with Crippen molar-refractivity contribution in [2.24, 2.45) is 5.92 Å². The summed E-state index contributed by atoms with van der Waals surface area (Å²) < 4.78 is 10.7. The van der Waals surface area contributed by atoms with Gasteiger partial charge in [0.2, 0.25) is 0 Å². The van der Waals surface area contributed by atoms with Crippen molar-refractivity contribution >= 4 is 12.3 Å². The maximum Gasteiger partial charge on any atom is 0.305 e. The van der Waals surface area contributed by atoms with E-state index in [9.17, 15) is 9.59 Å². The Kier molecular flexibility index (Phi) is 6.86. The molecule has 1 fully saturated rings. The molecular weight excluding hydrogens is 220 g/mol. The van der Waals surface area contributed by atoms with E-state index < -0.39 is 0 Å². The van der Waals surface area contributed by atoms with E-state index in [0.29, 0.717) is 25.4 Å². The van der Waals surface area contributed by atoms with E-state index in [1.807, 2.05) is 6.92 Å². The van der Waals surface area contributed by atoms with Crippen molar-refractivity contribution in [1.29, 1.82) is 0 Å². The molecule has 1 rings (SSSR count). The van der Waals surface area contributed by atoms with E-state index in [0.717, 1.165) is 38.6 Å². The second-order valence-corrected chi connectivity index (χ2v) is 4.67. The fourth-order valence-electron chi connectivity index (χ4n) is 2.02. The second kappa shape index (κ2) is 8.23. The normalized spacial score (nSPS) is 24.3. The summed E-state index contributed by atoms with van der Waals surface area (Å²) in [5.41, 5.74) is 0. The van der Waals surface area contributed by atoms with E-state index in [-0.39, 0.29) is 12.1 Å². The number of carbonyl (C=O) groups excluding carboxylic acids is 2. The lowest BCUT2D eigenvalue weighted by Crippen LogP contribution is -2.27. The van der Waals surface area contributed by atoms with Gasteiger partial charge in [-0.15, -0.1) is 0 Å². The minimum Gasteiger partial charge on any atom is -0.465 e. The molecule has 1 aliphatic heterocycles. The van der Waals surface area contributed by atoms with Gasteiger partial charge in [-0.05, 0) is 38.5 Å². The number of hydrogen-bond donors (Lipinski definition) is 0. The summed E-state index contributed by atoms with van der Waals surface area (Å²) in [5.74, 6) is 0.299. The highest BCUT2D eigenvalue weighted by molar-refractivity contribution is 5.69. The lowest BCUT2D eigenvalue weighted by Gasteiger charge is -2.26. The topological polar surface area (TPSA) is 52.6 Å². The minimum atomic E-state index is -0.143. The van der Waals surface area contributed by atoms with Crippen molar-refractivity contribution in [1.82, 2.24) is 0 Å². The van der Waals surface area contributed by atoms with Gasteiger partial charge in [0.05, 0.1) is 12.7 Å². The molecule has 0 aromatic carbocycles. The van der Waals surface area contributed by atoms with E-state index in [1.165, 1.54) is 0 Å². The molecule has 1 saturated heterocycles. The lowest BCUT2D eigenvalue weighted by molar-refractivity contribution is -0.146. The van der Waals surface area contributed by atoms with Crippen LogP contribution in [-0.4, -0.2) is 31.6 Å². The molecular formula is C13H22O4. The molecule has 0 aromatic heterocycles. The van der Waals surface area contributed by atoms with Gasteiger partial charge < -0.3 is 14.3 Å². The maximum absolute atomic E-state index is 11.4. The lowest BCUT2D eigenvalue weighted by atomic mass is 9.97. The molecule has 17 heavy (non-hydrogen) atoms. The number of rotatable bonds is 7. The van der Waals surface area contributed by atoms with Gasteiger partial charge in [0, 0.05) is 19.4 Å². The molecule has 98 valence electrons. The highest BCUT2D eigenvalue weighted by atomic mass is 16.5. The number of hydrogen-bond acceptors (Lipinski definition) is 4. The highest BCUT2D eigenvalue weighted by Crippen LogP contribution is 2.20. The quantitative estimate of drug-likeness (QED) is 0.390. The summed E-state index contributed by atoms with van der Waals surface area (Å²) in [6.07, 6.45) is 5.57. The Balaban J connectivity index is 2.04. The first-order chi connectivity index (χ1) is 8.22. The zero-order valence-electron chi connectivity index (χ0n) is 10.5. The van der Waals surface area contributed by atoms with Crippen LogP contribution in [0.25, 0.3) is 0 Å². The Morgan fingerprint density at radius 1 is 1.47 bits per heavy atom. The summed E-state index contributed by atoms with van der Waals surface area (Å²) in [7, 11) is 0. The maximum atomic E-state index is 11.4. The standard InChI is InChI=1S/C13H22O4/c1-11-9-12(6-8-16-11)10-17-13(15)5-3-2-4-7-14/h7,11-12H,2-6,8-10H2,1H3. The number of unbranched alkanes of at least 4 members (excludes halogenated alkanes) is 2. The molecule has 0 aliphatic carbocycles. The monoisotopic (exact) mass is 242 g/mol. The van der Waals surface area contributed by atoms with Gasteiger partial charge in [-0.1, -0.05) is 0 Å². The predicted molar refractivity (Wildman–Crippen MR) is 63.6 cm³/mol. The molecule has 0 aromatic rings. The minimum absolute atomic E-state index is 0.143. The van der Waals surface area contributed by atoms with Crippen molar-refractivity contribution in [2.45, 2.75) is 51.6 Å². The molecule has 0 bridgehead atoms. The van der Waals surface area contributed by atoms with Crippen LogP contribution < -0.4 is 0 Å². The van der Waals surface area contributed by atoms with Crippen molar-refractivity contribution in [2.75, 3.05) is 13.2 Å². The van der Waals surface area contributed by atoms with Crippen molar-refractivity contribution in [3.63, 3.8) is 0 Å². The smallest absolute Gasteiger partial charge is 0.305 e. The molecule has 4 heteroatoms. The van der Waals surface area contributed by atoms with Gasteiger partial charge in [-0.2, -0.15) is 0 Å². The van der Waals surface area contributed by atoms with Gasteiger partial charge in [0.15, 0.2) is 0 Å². The number of carbonyl (C=O) groups is 2. The molecule has 0 amide bonds. The number of esters is 1.